The van der Waals surface area contributed by atoms with Crippen molar-refractivity contribution in [3.63, 3.8) is 0 Å². The van der Waals surface area contributed by atoms with Crippen LogP contribution in [0.1, 0.15) is 19.3 Å². The van der Waals surface area contributed by atoms with Gasteiger partial charge in [0.15, 0.2) is 0 Å². The number of carbonyl (C=O) groups is 4. The summed E-state index contributed by atoms with van der Waals surface area (Å²) in [6.45, 7) is 0. The van der Waals surface area contributed by atoms with Gasteiger partial charge in [0, 0.05) is 6.42 Å². The van der Waals surface area contributed by atoms with Crippen LogP contribution in [-0.4, -0.2) is 23.9 Å². The molecule has 4 bridgehead atoms. The van der Waals surface area contributed by atoms with E-state index in [0.717, 1.165) is 6.42 Å². The van der Waals surface area contributed by atoms with E-state index in [1.165, 1.54) is 0 Å². The maximum atomic E-state index is 12.1. The van der Waals surface area contributed by atoms with Gasteiger partial charge in [-0.1, -0.05) is 0 Å². The van der Waals surface area contributed by atoms with Gasteiger partial charge in [0.25, 0.3) is 0 Å². The second-order valence-electron chi connectivity index (χ2n) is 7.09. The molecule has 0 radical (unpaired) electrons. The number of hydrogen-bond acceptors (Lipinski definition) is 6. The van der Waals surface area contributed by atoms with E-state index < -0.39 is 23.9 Å². The van der Waals surface area contributed by atoms with E-state index in [9.17, 15) is 19.2 Å². The predicted molar refractivity (Wildman–Crippen MR) is 64.0 cm³/mol. The van der Waals surface area contributed by atoms with Gasteiger partial charge in [-0.05, 0) is 42.4 Å². The molecule has 5 rings (SSSR count). The van der Waals surface area contributed by atoms with Gasteiger partial charge in [0.1, 0.15) is 0 Å². The Hall–Kier alpha value is -1.72. The summed E-state index contributed by atoms with van der Waals surface area (Å²) in [5, 5.41) is 0. The molecule has 0 aromatic rings. The largest absolute Gasteiger partial charge is 0.393 e. The molecule has 3 aliphatic carbocycles. The summed E-state index contributed by atoms with van der Waals surface area (Å²) in [5.74, 6) is -2.04. The minimum absolute atomic E-state index is 0.00717. The fourth-order valence-electron chi connectivity index (χ4n) is 6.15. The molecule has 0 N–H and O–H groups in total. The molecule has 8 atom stereocenters. The van der Waals surface area contributed by atoms with E-state index in [1.54, 1.807) is 0 Å². The maximum absolute atomic E-state index is 12.1. The van der Waals surface area contributed by atoms with Crippen molar-refractivity contribution >= 4 is 23.9 Å². The Morgan fingerprint density at radius 1 is 0.714 bits per heavy atom. The van der Waals surface area contributed by atoms with Gasteiger partial charge in [-0.2, -0.15) is 0 Å². The first kappa shape index (κ1) is 11.9. The first-order valence-corrected chi connectivity index (χ1v) is 7.56. The van der Waals surface area contributed by atoms with Crippen LogP contribution in [0.4, 0.5) is 0 Å². The van der Waals surface area contributed by atoms with Crippen LogP contribution in [-0.2, 0) is 28.7 Å². The van der Waals surface area contributed by atoms with E-state index in [1.807, 2.05) is 0 Å². The molecule has 3 saturated carbocycles. The average Bonchev–Trinajstić information content (AvgIpc) is 3.02. The van der Waals surface area contributed by atoms with Crippen LogP contribution >= 0.6 is 0 Å². The van der Waals surface area contributed by atoms with Gasteiger partial charge in [0.05, 0.1) is 17.8 Å². The number of carbonyl (C=O) groups excluding carboxylic acids is 4. The van der Waals surface area contributed by atoms with Crippen LogP contribution < -0.4 is 0 Å². The molecular formula is C15H14O6. The van der Waals surface area contributed by atoms with Gasteiger partial charge in [-0.3, -0.25) is 19.2 Å². The number of hydrogen-bond donors (Lipinski definition) is 0. The zero-order valence-corrected chi connectivity index (χ0v) is 11.2. The molecule has 2 saturated heterocycles. The van der Waals surface area contributed by atoms with Crippen LogP contribution in [0.25, 0.3) is 0 Å². The molecule has 5 fully saturated rings. The van der Waals surface area contributed by atoms with Crippen LogP contribution in [0.3, 0.4) is 0 Å². The quantitative estimate of drug-likeness (QED) is 0.362. The highest BCUT2D eigenvalue weighted by atomic mass is 16.6. The summed E-state index contributed by atoms with van der Waals surface area (Å²) in [7, 11) is 0. The lowest BCUT2D eigenvalue weighted by Crippen LogP contribution is -2.45. The molecule has 7 unspecified atom stereocenters. The number of fused-ring (bicyclic) bond motifs is 12. The van der Waals surface area contributed by atoms with E-state index in [4.69, 9.17) is 9.47 Å². The van der Waals surface area contributed by atoms with Crippen molar-refractivity contribution in [1.29, 1.82) is 0 Å². The van der Waals surface area contributed by atoms with Crippen LogP contribution in [0, 0.1) is 47.3 Å². The fraction of sp³-hybridized carbons (Fsp3) is 0.733. The van der Waals surface area contributed by atoms with Gasteiger partial charge < -0.3 is 9.47 Å². The molecule has 6 nitrogen and oxygen atoms in total. The van der Waals surface area contributed by atoms with Crippen molar-refractivity contribution in [3.05, 3.63) is 0 Å². The first-order chi connectivity index (χ1) is 10.1. The zero-order valence-electron chi connectivity index (χ0n) is 11.2. The molecule has 2 aliphatic heterocycles. The molecule has 6 heteroatoms. The second-order valence-corrected chi connectivity index (χ2v) is 7.09. The predicted octanol–water partition coefficient (Wildman–Crippen LogP) is 0.294. The standard InChI is InChI=1S/C15H14O6/c16-9-3-5-4-1-6(12(5)15(19)20-9)11-8-2-7(10(4)11)13(17)21-14(8)18/h4-8,10-12H,1-3H2/t4?,5?,6?,7?,8?,10?,11-,12?/m1/s1. The Morgan fingerprint density at radius 3 is 2.10 bits per heavy atom. The highest BCUT2D eigenvalue weighted by Gasteiger charge is 2.71. The molecule has 5 aliphatic rings. The smallest absolute Gasteiger partial charge is 0.317 e. The lowest BCUT2D eigenvalue weighted by atomic mass is 9.65. The summed E-state index contributed by atoms with van der Waals surface area (Å²) in [6.07, 6.45) is 1.66. The Labute approximate surface area is 120 Å². The lowest BCUT2D eigenvalue weighted by molar-refractivity contribution is -0.175. The van der Waals surface area contributed by atoms with Crippen molar-refractivity contribution in [3.8, 4) is 0 Å². The second kappa shape index (κ2) is 3.54. The van der Waals surface area contributed by atoms with Crippen LogP contribution in [0.15, 0.2) is 0 Å². The minimum Gasteiger partial charge on any atom is -0.393 e. The minimum atomic E-state index is -0.454. The summed E-state index contributed by atoms with van der Waals surface area (Å²) in [5.41, 5.74) is 0. The van der Waals surface area contributed by atoms with Crippen molar-refractivity contribution < 1.29 is 28.7 Å². The first-order valence-electron chi connectivity index (χ1n) is 7.56. The number of cyclic esters (lactones) is 4. The summed E-state index contributed by atoms with van der Waals surface area (Å²) in [4.78, 5) is 47.5. The zero-order chi connectivity index (χ0) is 14.5. The summed E-state index contributed by atoms with van der Waals surface area (Å²) < 4.78 is 9.67. The van der Waals surface area contributed by atoms with Crippen LogP contribution in [0.2, 0.25) is 0 Å². The van der Waals surface area contributed by atoms with Crippen molar-refractivity contribution in [2.24, 2.45) is 47.3 Å². The molecule has 2 heterocycles. The summed E-state index contributed by atoms with van der Waals surface area (Å²) >= 11 is 0. The van der Waals surface area contributed by atoms with E-state index >= 15 is 0 Å². The molecule has 110 valence electrons. The van der Waals surface area contributed by atoms with E-state index in [-0.39, 0.29) is 53.8 Å². The Kier molecular flexibility index (Phi) is 2.00. The van der Waals surface area contributed by atoms with Crippen molar-refractivity contribution in [2.75, 3.05) is 0 Å². The van der Waals surface area contributed by atoms with Gasteiger partial charge in [-0.25, -0.2) is 0 Å². The summed E-state index contributed by atoms with van der Waals surface area (Å²) in [6, 6.07) is 0. The highest BCUT2D eigenvalue weighted by Crippen LogP contribution is 2.69. The van der Waals surface area contributed by atoms with E-state index in [2.05, 4.69) is 0 Å². The third-order valence-electron chi connectivity index (χ3n) is 6.58. The topological polar surface area (TPSA) is 86.7 Å². The van der Waals surface area contributed by atoms with Gasteiger partial charge >= 0.3 is 23.9 Å². The number of rotatable bonds is 0. The monoisotopic (exact) mass is 290 g/mol. The van der Waals surface area contributed by atoms with Crippen LogP contribution in [0.5, 0.6) is 0 Å². The third-order valence-corrected chi connectivity index (χ3v) is 6.58. The maximum Gasteiger partial charge on any atom is 0.317 e. The molecule has 0 amide bonds. The van der Waals surface area contributed by atoms with E-state index in [0.29, 0.717) is 6.42 Å². The Balaban J connectivity index is 1.58. The average molecular weight is 290 g/mol. The Morgan fingerprint density at radius 2 is 1.38 bits per heavy atom. The normalized spacial score (nSPS) is 53.3. The fourth-order valence-corrected chi connectivity index (χ4v) is 6.15. The molecule has 21 heavy (non-hydrogen) atoms. The SMILES string of the molecule is O=C1CC2C3CC(C2C(=O)O1)[C@@H]1C2CC(C(=O)OC2=O)C31. The van der Waals surface area contributed by atoms with Crippen molar-refractivity contribution in [1.82, 2.24) is 0 Å². The molecule has 0 spiro atoms. The lowest BCUT2D eigenvalue weighted by Gasteiger charge is -2.39. The molecular weight excluding hydrogens is 276 g/mol. The molecule has 0 aromatic carbocycles. The molecule has 0 aromatic heterocycles. The van der Waals surface area contributed by atoms with Gasteiger partial charge in [-0.15, -0.1) is 0 Å². The van der Waals surface area contributed by atoms with Gasteiger partial charge in [0.2, 0.25) is 0 Å². The number of ether oxygens (including phenoxy) is 2. The van der Waals surface area contributed by atoms with Crippen molar-refractivity contribution in [2.45, 2.75) is 19.3 Å². The Bertz CT molecular complexity index is 609. The highest BCUT2D eigenvalue weighted by molar-refractivity contribution is 5.94. The number of esters is 4. The third kappa shape index (κ3) is 1.25.